The molecule has 1 saturated heterocycles. The van der Waals surface area contributed by atoms with Gasteiger partial charge in [0.2, 0.25) is 0 Å². The molecule has 0 spiro atoms. The van der Waals surface area contributed by atoms with Gasteiger partial charge in [-0.25, -0.2) is 8.42 Å². The molecule has 1 aromatic rings. The molecule has 1 saturated carbocycles. The van der Waals surface area contributed by atoms with Gasteiger partial charge in [-0.15, -0.1) is 0 Å². The molecule has 23 heavy (non-hydrogen) atoms. The van der Waals surface area contributed by atoms with E-state index in [1.165, 1.54) is 12.1 Å². The van der Waals surface area contributed by atoms with E-state index in [2.05, 4.69) is 0 Å². The summed E-state index contributed by atoms with van der Waals surface area (Å²) in [5.74, 6) is 0.312. The first-order valence-corrected chi connectivity index (χ1v) is 9.68. The number of morpholine rings is 1. The van der Waals surface area contributed by atoms with E-state index in [0.29, 0.717) is 18.9 Å². The second kappa shape index (κ2) is 6.49. The zero-order valence-corrected chi connectivity index (χ0v) is 13.9. The Morgan fingerprint density at radius 3 is 3.00 bits per heavy atom. The second-order valence-electron chi connectivity index (χ2n) is 6.03. The van der Waals surface area contributed by atoms with E-state index in [-0.39, 0.29) is 29.6 Å². The molecule has 0 radical (unpaired) electrons. The molecule has 0 unspecified atom stereocenters. The molecule has 1 aliphatic carbocycles. The Kier molecular flexibility index (Phi) is 4.59. The van der Waals surface area contributed by atoms with Crippen molar-refractivity contribution in [3.05, 3.63) is 24.3 Å². The summed E-state index contributed by atoms with van der Waals surface area (Å²) in [5.41, 5.74) is 0. The van der Waals surface area contributed by atoms with Crippen molar-refractivity contribution < 1.29 is 22.7 Å². The Labute approximate surface area is 136 Å². The van der Waals surface area contributed by atoms with Gasteiger partial charge in [-0.1, -0.05) is 6.07 Å². The number of rotatable bonds is 4. The molecule has 7 heteroatoms. The number of nitrogens with zero attached hydrogens (tertiary/aromatic N) is 1. The predicted octanol–water partition coefficient (Wildman–Crippen LogP) is 1.25. The number of carbonyl (C=O) groups is 1. The van der Waals surface area contributed by atoms with Crippen molar-refractivity contribution in [3.8, 4) is 5.75 Å². The van der Waals surface area contributed by atoms with Crippen molar-refractivity contribution in [2.45, 2.75) is 36.3 Å². The molecule has 1 aromatic carbocycles. The minimum Gasteiger partial charge on any atom is -0.484 e. The number of sulfone groups is 1. The quantitative estimate of drug-likeness (QED) is 0.825. The Morgan fingerprint density at radius 2 is 2.22 bits per heavy atom. The highest BCUT2D eigenvalue weighted by molar-refractivity contribution is 7.90. The van der Waals surface area contributed by atoms with Crippen LogP contribution >= 0.6 is 0 Å². The van der Waals surface area contributed by atoms with Gasteiger partial charge in [0.05, 0.1) is 23.6 Å². The van der Waals surface area contributed by atoms with Gasteiger partial charge in [0.15, 0.2) is 16.4 Å². The minimum absolute atomic E-state index is 0.0741. The van der Waals surface area contributed by atoms with Crippen LogP contribution in [-0.2, 0) is 19.4 Å². The van der Waals surface area contributed by atoms with Crippen LogP contribution in [0.3, 0.4) is 0 Å². The van der Waals surface area contributed by atoms with Crippen molar-refractivity contribution >= 4 is 15.7 Å². The molecule has 0 N–H and O–H groups in total. The molecule has 126 valence electrons. The Hall–Kier alpha value is -1.60. The maximum absolute atomic E-state index is 12.4. The molecule has 2 aliphatic rings. The van der Waals surface area contributed by atoms with E-state index in [1.54, 1.807) is 12.1 Å². The van der Waals surface area contributed by atoms with Gasteiger partial charge in [0.25, 0.3) is 5.91 Å². The first kappa shape index (κ1) is 16.3. The van der Waals surface area contributed by atoms with E-state index in [1.807, 2.05) is 4.90 Å². The summed E-state index contributed by atoms with van der Waals surface area (Å²) in [6.45, 7) is 1.07. The minimum atomic E-state index is -3.29. The van der Waals surface area contributed by atoms with Crippen molar-refractivity contribution in [1.82, 2.24) is 4.90 Å². The second-order valence-corrected chi connectivity index (χ2v) is 8.05. The first-order chi connectivity index (χ1) is 10.9. The van der Waals surface area contributed by atoms with Gasteiger partial charge in [-0.3, -0.25) is 4.79 Å². The fourth-order valence-electron chi connectivity index (χ4n) is 3.26. The fraction of sp³-hybridized carbons (Fsp3) is 0.562. The van der Waals surface area contributed by atoms with Crippen LogP contribution in [0.1, 0.15) is 19.3 Å². The third-order valence-electron chi connectivity index (χ3n) is 4.40. The summed E-state index contributed by atoms with van der Waals surface area (Å²) in [6.07, 6.45) is 4.36. The average molecular weight is 339 g/mol. The number of benzene rings is 1. The van der Waals surface area contributed by atoms with Crippen molar-refractivity contribution in [3.63, 3.8) is 0 Å². The van der Waals surface area contributed by atoms with E-state index in [4.69, 9.17) is 9.47 Å². The number of ether oxygens (including phenoxy) is 2. The van der Waals surface area contributed by atoms with Crippen molar-refractivity contribution in [2.75, 3.05) is 26.0 Å². The van der Waals surface area contributed by atoms with E-state index in [0.717, 1.165) is 25.5 Å². The lowest BCUT2D eigenvalue weighted by Crippen LogP contribution is -2.52. The van der Waals surface area contributed by atoms with E-state index in [9.17, 15) is 13.2 Å². The molecule has 1 aliphatic heterocycles. The molecule has 3 rings (SSSR count). The van der Waals surface area contributed by atoms with Crippen LogP contribution in [0.15, 0.2) is 29.2 Å². The van der Waals surface area contributed by atoms with Crippen molar-refractivity contribution in [1.29, 1.82) is 0 Å². The Morgan fingerprint density at radius 1 is 1.39 bits per heavy atom. The monoisotopic (exact) mass is 339 g/mol. The number of carbonyl (C=O) groups excluding carboxylic acids is 1. The Bertz CT molecular complexity index is 687. The van der Waals surface area contributed by atoms with Gasteiger partial charge in [-0.2, -0.15) is 0 Å². The van der Waals surface area contributed by atoms with E-state index >= 15 is 0 Å². The van der Waals surface area contributed by atoms with Crippen LogP contribution in [0, 0.1) is 0 Å². The normalized spacial score (nSPS) is 24.3. The van der Waals surface area contributed by atoms with Crippen LogP contribution in [0.2, 0.25) is 0 Å². The Balaban J connectivity index is 1.63. The third kappa shape index (κ3) is 3.67. The predicted molar refractivity (Wildman–Crippen MR) is 84.1 cm³/mol. The summed E-state index contributed by atoms with van der Waals surface area (Å²) in [7, 11) is -3.29. The van der Waals surface area contributed by atoms with Gasteiger partial charge in [0, 0.05) is 12.8 Å². The molecule has 0 aromatic heterocycles. The molecule has 2 atom stereocenters. The first-order valence-electron chi connectivity index (χ1n) is 7.79. The largest absolute Gasteiger partial charge is 0.484 e. The zero-order chi connectivity index (χ0) is 16.4. The number of amides is 1. The molecule has 1 amide bonds. The lowest BCUT2D eigenvalue weighted by molar-refractivity contribution is -0.146. The number of fused-ring (bicyclic) bond motifs is 1. The maximum Gasteiger partial charge on any atom is 0.260 e. The van der Waals surface area contributed by atoms with Gasteiger partial charge in [0.1, 0.15) is 5.75 Å². The fourth-order valence-corrected chi connectivity index (χ4v) is 3.91. The molecule has 6 nitrogen and oxygen atoms in total. The summed E-state index contributed by atoms with van der Waals surface area (Å²) in [5, 5.41) is 0. The lowest BCUT2D eigenvalue weighted by atomic mass is 10.1. The third-order valence-corrected chi connectivity index (χ3v) is 5.51. The summed E-state index contributed by atoms with van der Waals surface area (Å²) in [6, 6.07) is 6.37. The lowest BCUT2D eigenvalue weighted by Gasteiger charge is -2.37. The summed E-state index contributed by atoms with van der Waals surface area (Å²) < 4.78 is 34.3. The highest BCUT2D eigenvalue weighted by atomic mass is 32.2. The summed E-state index contributed by atoms with van der Waals surface area (Å²) >= 11 is 0. The van der Waals surface area contributed by atoms with Gasteiger partial charge >= 0.3 is 0 Å². The smallest absolute Gasteiger partial charge is 0.260 e. The topological polar surface area (TPSA) is 72.9 Å². The number of hydrogen-bond donors (Lipinski definition) is 0. The van der Waals surface area contributed by atoms with Crippen molar-refractivity contribution in [2.24, 2.45) is 0 Å². The van der Waals surface area contributed by atoms with E-state index < -0.39 is 9.84 Å². The molecule has 2 fully saturated rings. The number of hydrogen-bond acceptors (Lipinski definition) is 5. The molecule has 1 heterocycles. The van der Waals surface area contributed by atoms with Crippen LogP contribution < -0.4 is 4.74 Å². The standard InChI is InChI=1S/C16H21NO5S/c1-23(19,20)13-5-2-4-12(10-13)22-11-16(18)17-8-9-21-15-7-3-6-14(15)17/h2,4-5,10,14-15H,3,6-9,11H2,1H3/t14-,15-/m0/s1. The van der Waals surface area contributed by atoms with Gasteiger partial charge < -0.3 is 14.4 Å². The van der Waals surface area contributed by atoms with Crippen LogP contribution in [0.25, 0.3) is 0 Å². The SMILES string of the molecule is CS(=O)(=O)c1cccc(OCC(=O)N2CCO[C@H]3CCC[C@@H]32)c1. The average Bonchev–Trinajstić information content (AvgIpc) is 3.00. The zero-order valence-electron chi connectivity index (χ0n) is 13.1. The molecule has 0 bridgehead atoms. The van der Waals surface area contributed by atoms with Gasteiger partial charge in [-0.05, 0) is 37.5 Å². The highest BCUT2D eigenvalue weighted by Gasteiger charge is 2.38. The molecular formula is C16H21NO5S. The summed E-state index contributed by atoms with van der Waals surface area (Å²) in [4.78, 5) is 14.5. The van der Waals surface area contributed by atoms with Crippen LogP contribution in [0.4, 0.5) is 0 Å². The van der Waals surface area contributed by atoms with Crippen LogP contribution in [0.5, 0.6) is 5.75 Å². The maximum atomic E-state index is 12.4. The molecular weight excluding hydrogens is 318 g/mol. The highest BCUT2D eigenvalue weighted by Crippen LogP contribution is 2.29. The van der Waals surface area contributed by atoms with Crippen LogP contribution in [-0.4, -0.2) is 57.4 Å².